The summed E-state index contributed by atoms with van der Waals surface area (Å²) in [5, 5.41) is 14.5. The van der Waals surface area contributed by atoms with Crippen LogP contribution in [0.1, 0.15) is 58.8 Å². The molecule has 1 fully saturated rings. The van der Waals surface area contributed by atoms with Crippen molar-refractivity contribution in [1.82, 2.24) is 10.6 Å². The van der Waals surface area contributed by atoms with Gasteiger partial charge in [-0.25, -0.2) is 4.79 Å². The molecule has 1 aliphatic carbocycles. The summed E-state index contributed by atoms with van der Waals surface area (Å²) in [4.78, 5) is 22.4. The first-order valence-corrected chi connectivity index (χ1v) is 7.69. The van der Waals surface area contributed by atoms with Crippen molar-refractivity contribution in [2.45, 2.75) is 58.8 Å². The average molecular weight is 284 g/mol. The quantitative estimate of drug-likeness (QED) is 0.672. The average Bonchev–Trinajstić information content (AvgIpc) is 2.41. The van der Waals surface area contributed by atoms with E-state index in [4.69, 9.17) is 5.11 Å². The number of rotatable bonds is 7. The zero-order valence-corrected chi connectivity index (χ0v) is 12.7. The van der Waals surface area contributed by atoms with E-state index in [1.165, 1.54) is 32.1 Å². The molecule has 1 aliphatic rings. The summed E-state index contributed by atoms with van der Waals surface area (Å²) in [5.41, 5.74) is 0.223. The van der Waals surface area contributed by atoms with Crippen LogP contribution in [0.15, 0.2) is 0 Å². The van der Waals surface area contributed by atoms with Gasteiger partial charge in [-0.2, -0.15) is 0 Å². The van der Waals surface area contributed by atoms with Crippen molar-refractivity contribution in [2.75, 3.05) is 13.1 Å². The molecular formula is C15H28N2O3. The Kier molecular flexibility index (Phi) is 6.82. The van der Waals surface area contributed by atoms with E-state index in [-0.39, 0.29) is 23.8 Å². The molecule has 0 aromatic heterocycles. The number of carboxylic acid groups (broad SMARTS) is 1. The van der Waals surface area contributed by atoms with Gasteiger partial charge >= 0.3 is 12.0 Å². The Hall–Kier alpha value is -1.26. The zero-order chi connectivity index (χ0) is 15.0. The smallest absolute Gasteiger partial charge is 0.314 e. The molecule has 0 saturated heterocycles. The van der Waals surface area contributed by atoms with Crippen LogP contribution in [-0.4, -0.2) is 30.2 Å². The highest BCUT2D eigenvalue weighted by molar-refractivity contribution is 5.74. The summed E-state index contributed by atoms with van der Waals surface area (Å²) in [6, 6.07) is -0.180. The minimum Gasteiger partial charge on any atom is -0.481 e. The molecule has 2 amide bonds. The van der Waals surface area contributed by atoms with E-state index in [2.05, 4.69) is 17.6 Å². The first kappa shape index (κ1) is 16.8. The largest absolute Gasteiger partial charge is 0.481 e. The monoisotopic (exact) mass is 284 g/mol. The van der Waals surface area contributed by atoms with Gasteiger partial charge in [0.05, 0.1) is 0 Å². The van der Waals surface area contributed by atoms with Gasteiger partial charge in [-0.3, -0.25) is 4.79 Å². The Bertz CT molecular complexity index is 325. The molecule has 20 heavy (non-hydrogen) atoms. The summed E-state index contributed by atoms with van der Waals surface area (Å²) in [6.07, 6.45) is 6.99. The van der Waals surface area contributed by atoms with Crippen molar-refractivity contribution in [2.24, 2.45) is 11.3 Å². The minimum absolute atomic E-state index is 0.00326. The maximum Gasteiger partial charge on any atom is 0.314 e. The van der Waals surface area contributed by atoms with E-state index in [1.807, 2.05) is 6.92 Å². The second kappa shape index (κ2) is 8.12. The van der Waals surface area contributed by atoms with E-state index in [0.29, 0.717) is 13.1 Å². The number of aliphatic carboxylic acids is 1. The third kappa shape index (κ3) is 6.26. The van der Waals surface area contributed by atoms with Crippen LogP contribution in [0.25, 0.3) is 0 Å². The maximum absolute atomic E-state index is 11.8. The molecule has 116 valence electrons. The third-order valence-corrected chi connectivity index (χ3v) is 4.33. The lowest BCUT2D eigenvalue weighted by Gasteiger charge is -2.33. The molecule has 0 spiro atoms. The van der Waals surface area contributed by atoms with Crippen LogP contribution in [0, 0.1) is 11.3 Å². The standard InChI is InChI=1S/C15H28N2O3/c1-3-12(9-13(18)19)10-16-14(20)17-11-15(2)7-5-4-6-8-15/h12H,3-11H2,1-2H3,(H,18,19)(H2,16,17,20). The van der Waals surface area contributed by atoms with Crippen molar-refractivity contribution in [3.8, 4) is 0 Å². The lowest BCUT2D eigenvalue weighted by Crippen LogP contribution is -2.43. The lowest BCUT2D eigenvalue weighted by atomic mass is 9.76. The van der Waals surface area contributed by atoms with Crippen molar-refractivity contribution < 1.29 is 14.7 Å². The summed E-state index contributed by atoms with van der Waals surface area (Å²) in [6.45, 7) is 5.29. The highest BCUT2D eigenvalue weighted by Gasteiger charge is 2.27. The van der Waals surface area contributed by atoms with Crippen molar-refractivity contribution in [3.63, 3.8) is 0 Å². The highest BCUT2D eigenvalue weighted by atomic mass is 16.4. The van der Waals surface area contributed by atoms with Gasteiger partial charge in [0.2, 0.25) is 0 Å². The molecule has 0 aromatic carbocycles. The Labute approximate surface area is 121 Å². The molecule has 1 unspecified atom stereocenters. The molecule has 5 heteroatoms. The van der Waals surface area contributed by atoms with Crippen LogP contribution < -0.4 is 10.6 Å². The fourth-order valence-electron chi connectivity index (χ4n) is 2.78. The van der Waals surface area contributed by atoms with Gasteiger partial charge in [-0.05, 0) is 24.2 Å². The Balaban J connectivity index is 2.23. The van der Waals surface area contributed by atoms with E-state index in [0.717, 1.165) is 6.42 Å². The lowest BCUT2D eigenvalue weighted by molar-refractivity contribution is -0.138. The first-order chi connectivity index (χ1) is 9.45. The Morgan fingerprint density at radius 2 is 1.85 bits per heavy atom. The zero-order valence-electron chi connectivity index (χ0n) is 12.7. The van der Waals surface area contributed by atoms with Crippen LogP contribution in [-0.2, 0) is 4.79 Å². The predicted octanol–water partition coefficient (Wildman–Crippen LogP) is 2.76. The van der Waals surface area contributed by atoms with Crippen LogP contribution in [0.4, 0.5) is 4.79 Å². The molecule has 0 radical (unpaired) electrons. The van der Waals surface area contributed by atoms with E-state index in [1.54, 1.807) is 0 Å². The number of nitrogens with one attached hydrogen (secondary N) is 2. The van der Waals surface area contributed by atoms with E-state index in [9.17, 15) is 9.59 Å². The number of urea groups is 1. The van der Waals surface area contributed by atoms with Gasteiger partial charge in [0.25, 0.3) is 0 Å². The second-order valence-electron chi connectivity index (χ2n) is 6.31. The molecule has 0 aliphatic heterocycles. The molecule has 5 nitrogen and oxygen atoms in total. The summed E-state index contributed by atoms with van der Waals surface area (Å²) < 4.78 is 0. The van der Waals surface area contributed by atoms with Gasteiger partial charge in [0.15, 0.2) is 0 Å². The number of carboxylic acids is 1. The number of hydrogen-bond acceptors (Lipinski definition) is 2. The van der Waals surface area contributed by atoms with Crippen LogP contribution in [0.3, 0.4) is 0 Å². The highest BCUT2D eigenvalue weighted by Crippen LogP contribution is 2.34. The first-order valence-electron chi connectivity index (χ1n) is 7.69. The fourth-order valence-corrected chi connectivity index (χ4v) is 2.78. The van der Waals surface area contributed by atoms with Gasteiger partial charge < -0.3 is 15.7 Å². The molecule has 1 saturated carbocycles. The van der Waals surface area contributed by atoms with E-state index >= 15 is 0 Å². The Morgan fingerprint density at radius 1 is 1.20 bits per heavy atom. The number of hydrogen-bond donors (Lipinski definition) is 3. The van der Waals surface area contributed by atoms with Crippen LogP contribution in [0.5, 0.6) is 0 Å². The summed E-state index contributed by atoms with van der Waals surface area (Å²) in [5.74, 6) is -0.808. The van der Waals surface area contributed by atoms with Crippen molar-refractivity contribution in [1.29, 1.82) is 0 Å². The van der Waals surface area contributed by atoms with Crippen LogP contribution in [0.2, 0.25) is 0 Å². The fraction of sp³-hybridized carbons (Fsp3) is 0.867. The third-order valence-electron chi connectivity index (χ3n) is 4.33. The number of amides is 2. The van der Waals surface area contributed by atoms with Gasteiger partial charge in [0, 0.05) is 19.5 Å². The Morgan fingerprint density at radius 3 is 2.40 bits per heavy atom. The summed E-state index contributed by atoms with van der Waals surface area (Å²) in [7, 11) is 0. The molecule has 0 bridgehead atoms. The molecule has 0 aromatic rings. The van der Waals surface area contributed by atoms with Gasteiger partial charge in [-0.1, -0.05) is 39.5 Å². The SMILES string of the molecule is CCC(CNC(=O)NCC1(C)CCCCC1)CC(=O)O. The maximum atomic E-state index is 11.8. The second-order valence-corrected chi connectivity index (χ2v) is 6.31. The van der Waals surface area contributed by atoms with E-state index < -0.39 is 5.97 Å². The molecule has 1 atom stereocenters. The van der Waals surface area contributed by atoms with Crippen molar-refractivity contribution in [3.05, 3.63) is 0 Å². The topological polar surface area (TPSA) is 78.4 Å². The van der Waals surface area contributed by atoms with Crippen LogP contribution >= 0.6 is 0 Å². The van der Waals surface area contributed by atoms with Gasteiger partial charge in [-0.15, -0.1) is 0 Å². The predicted molar refractivity (Wildman–Crippen MR) is 78.6 cm³/mol. The summed E-state index contributed by atoms with van der Waals surface area (Å²) >= 11 is 0. The van der Waals surface area contributed by atoms with Gasteiger partial charge in [0.1, 0.15) is 0 Å². The minimum atomic E-state index is -0.811. The molecule has 1 rings (SSSR count). The molecule has 3 N–H and O–H groups in total. The molecule has 0 heterocycles. The number of carbonyl (C=O) groups is 2. The van der Waals surface area contributed by atoms with Crippen molar-refractivity contribution >= 4 is 12.0 Å². The molecular weight excluding hydrogens is 256 g/mol. The number of carbonyl (C=O) groups excluding carboxylic acids is 1. The normalized spacial score (nSPS) is 19.1.